The summed E-state index contributed by atoms with van der Waals surface area (Å²) < 4.78 is 0. The number of hydrogen-bond acceptors (Lipinski definition) is 2. The molecule has 1 aromatic carbocycles. The molecule has 0 aliphatic carbocycles. The smallest absolute Gasteiger partial charge is 0.290 e. The summed E-state index contributed by atoms with van der Waals surface area (Å²) in [7, 11) is 0. The molecule has 0 aromatic heterocycles. The molecule has 1 aliphatic rings. The lowest BCUT2D eigenvalue weighted by Gasteiger charge is -1.94. The fraction of sp³-hybridized carbons (Fsp3) is 0.222. The van der Waals surface area contributed by atoms with Gasteiger partial charge in [0.05, 0.1) is 0 Å². The number of fused-ring (bicyclic) bond motifs is 1. The van der Waals surface area contributed by atoms with Crippen LogP contribution in [-0.2, 0) is 11.2 Å². The summed E-state index contributed by atoms with van der Waals surface area (Å²) in [5, 5.41) is 10.2. The fourth-order valence-electron chi connectivity index (χ4n) is 1.24. The van der Waals surface area contributed by atoms with Gasteiger partial charge in [0, 0.05) is 12.2 Å². The highest BCUT2D eigenvalue weighted by Crippen LogP contribution is 2.19. The van der Waals surface area contributed by atoms with E-state index in [2.05, 4.69) is 29.6 Å². The van der Waals surface area contributed by atoms with Crippen LogP contribution in [0, 0.1) is 0 Å². The van der Waals surface area contributed by atoms with Crippen LogP contribution in [0.3, 0.4) is 0 Å². The third kappa shape index (κ3) is 1.99. The normalized spacial score (nSPS) is 12.0. The van der Waals surface area contributed by atoms with Gasteiger partial charge in [-0.15, -0.1) is 0 Å². The molecule has 0 amide bonds. The van der Waals surface area contributed by atoms with Gasteiger partial charge in [0.15, 0.2) is 0 Å². The van der Waals surface area contributed by atoms with Crippen molar-refractivity contribution < 1.29 is 9.90 Å². The highest BCUT2D eigenvalue weighted by Gasteiger charge is 2.05. The van der Waals surface area contributed by atoms with E-state index >= 15 is 0 Å². The molecular formula is C9H11NO2. The van der Waals surface area contributed by atoms with Gasteiger partial charge in [-0.05, 0) is 18.1 Å². The molecule has 0 bridgehead atoms. The van der Waals surface area contributed by atoms with Crippen LogP contribution in [0.5, 0.6) is 0 Å². The molecule has 0 unspecified atom stereocenters. The molecule has 0 saturated carbocycles. The highest BCUT2D eigenvalue weighted by atomic mass is 16.3. The van der Waals surface area contributed by atoms with Gasteiger partial charge in [0.2, 0.25) is 0 Å². The summed E-state index contributed by atoms with van der Waals surface area (Å²) in [4.78, 5) is 8.36. The molecule has 2 N–H and O–H groups in total. The zero-order valence-corrected chi connectivity index (χ0v) is 6.66. The summed E-state index contributed by atoms with van der Waals surface area (Å²) in [5.74, 6) is 0. The number of hydrogen-bond donors (Lipinski definition) is 2. The number of anilines is 1. The molecule has 0 fully saturated rings. The first-order chi connectivity index (χ1) is 5.88. The van der Waals surface area contributed by atoms with Crippen molar-refractivity contribution in [2.45, 2.75) is 6.42 Å². The number of benzene rings is 1. The van der Waals surface area contributed by atoms with Gasteiger partial charge < -0.3 is 10.4 Å². The highest BCUT2D eigenvalue weighted by molar-refractivity contribution is 5.54. The van der Waals surface area contributed by atoms with Crippen LogP contribution >= 0.6 is 0 Å². The van der Waals surface area contributed by atoms with E-state index in [1.807, 2.05) is 0 Å². The SMILES string of the molecule is O=CO.c1ccc2c(c1)CCN2. The van der Waals surface area contributed by atoms with E-state index in [-0.39, 0.29) is 6.47 Å². The lowest BCUT2D eigenvalue weighted by atomic mass is 10.2. The number of rotatable bonds is 0. The topological polar surface area (TPSA) is 49.3 Å². The average molecular weight is 165 g/mol. The summed E-state index contributed by atoms with van der Waals surface area (Å²) in [6.07, 6.45) is 1.19. The Morgan fingerprint density at radius 3 is 2.75 bits per heavy atom. The monoisotopic (exact) mass is 165 g/mol. The van der Waals surface area contributed by atoms with E-state index in [1.54, 1.807) is 0 Å². The van der Waals surface area contributed by atoms with E-state index < -0.39 is 0 Å². The van der Waals surface area contributed by atoms with E-state index in [0.29, 0.717) is 0 Å². The number of carboxylic acid groups (broad SMARTS) is 1. The first kappa shape index (κ1) is 8.59. The molecule has 0 saturated heterocycles. The fourth-order valence-corrected chi connectivity index (χ4v) is 1.24. The predicted molar refractivity (Wildman–Crippen MR) is 47.3 cm³/mol. The van der Waals surface area contributed by atoms with Gasteiger partial charge in [0.25, 0.3) is 6.47 Å². The zero-order chi connectivity index (χ0) is 8.81. The molecular weight excluding hydrogens is 154 g/mol. The van der Waals surface area contributed by atoms with Crippen LogP contribution < -0.4 is 5.32 Å². The Morgan fingerprint density at radius 1 is 1.42 bits per heavy atom. The van der Waals surface area contributed by atoms with Crippen LogP contribution in [0.2, 0.25) is 0 Å². The molecule has 64 valence electrons. The Hall–Kier alpha value is -1.51. The van der Waals surface area contributed by atoms with Gasteiger partial charge in [-0.2, -0.15) is 0 Å². The van der Waals surface area contributed by atoms with E-state index in [1.165, 1.54) is 17.7 Å². The van der Waals surface area contributed by atoms with Gasteiger partial charge in [-0.3, -0.25) is 4.79 Å². The number of para-hydroxylation sites is 1. The molecule has 3 nitrogen and oxygen atoms in total. The van der Waals surface area contributed by atoms with Crippen molar-refractivity contribution in [1.29, 1.82) is 0 Å². The molecule has 1 aromatic rings. The van der Waals surface area contributed by atoms with Crippen molar-refractivity contribution in [2.75, 3.05) is 11.9 Å². The molecule has 0 spiro atoms. The second-order valence-electron chi connectivity index (χ2n) is 2.44. The Labute approximate surface area is 71.0 Å². The first-order valence-electron chi connectivity index (χ1n) is 3.78. The number of carbonyl (C=O) groups is 1. The molecule has 0 radical (unpaired) electrons. The first-order valence-corrected chi connectivity index (χ1v) is 3.78. The Balaban J connectivity index is 0.000000213. The second-order valence-corrected chi connectivity index (χ2v) is 2.44. The van der Waals surface area contributed by atoms with Gasteiger partial charge in [0.1, 0.15) is 0 Å². The van der Waals surface area contributed by atoms with Crippen molar-refractivity contribution in [3.63, 3.8) is 0 Å². The van der Waals surface area contributed by atoms with E-state index in [9.17, 15) is 0 Å². The van der Waals surface area contributed by atoms with Crippen molar-refractivity contribution in [3.05, 3.63) is 29.8 Å². The average Bonchev–Trinajstić information content (AvgIpc) is 2.52. The summed E-state index contributed by atoms with van der Waals surface area (Å²) in [5.41, 5.74) is 2.77. The minimum atomic E-state index is -0.250. The number of nitrogens with one attached hydrogen (secondary N) is 1. The van der Waals surface area contributed by atoms with Crippen molar-refractivity contribution in [1.82, 2.24) is 0 Å². The van der Waals surface area contributed by atoms with Gasteiger partial charge in [-0.1, -0.05) is 18.2 Å². The Kier molecular flexibility index (Phi) is 3.14. The standard InChI is InChI=1S/C8H9N.CH2O2/c1-2-4-8-7(3-1)5-6-9-8;2-1-3/h1-4,9H,5-6H2;1H,(H,2,3). The van der Waals surface area contributed by atoms with Crippen molar-refractivity contribution in [3.8, 4) is 0 Å². The Morgan fingerprint density at radius 2 is 2.08 bits per heavy atom. The third-order valence-electron chi connectivity index (χ3n) is 1.73. The van der Waals surface area contributed by atoms with E-state index in [4.69, 9.17) is 9.90 Å². The quantitative estimate of drug-likeness (QED) is 0.570. The van der Waals surface area contributed by atoms with Gasteiger partial charge >= 0.3 is 0 Å². The molecule has 1 heterocycles. The van der Waals surface area contributed by atoms with Crippen LogP contribution in [0.15, 0.2) is 24.3 Å². The molecule has 2 rings (SSSR count). The summed E-state index contributed by atoms with van der Waals surface area (Å²) in [6, 6.07) is 8.46. The van der Waals surface area contributed by atoms with Crippen LogP contribution in [0.25, 0.3) is 0 Å². The third-order valence-corrected chi connectivity index (χ3v) is 1.73. The van der Waals surface area contributed by atoms with Crippen molar-refractivity contribution >= 4 is 12.2 Å². The lowest BCUT2D eigenvalue weighted by Crippen LogP contribution is -1.90. The zero-order valence-electron chi connectivity index (χ0n) is 6.66. The maximum absolute atomic E-state index is 8.36. The molecule has 3 heteroatoms. The maximum Gasteiger partial charge on any atom is 0.290 e. The minimum absolute atomic E-state index is 0.250. The molecule has 0 atom stereocenters. The largest absolute Gasteiger partial charge is 0.483 e. The lowest BCUT2D eigenvalue weighted by molar-refractivity contribution is -0.122. The van der Waals surface area contributed by atoms with E-state index in [0.717, 1.165) is 6.54 Å². The van der Waals surface area contributed by atoms with Crippen LogP contribution in [-0.4, -0.2) is 18.1 Å². The summed E-state index contributed by atoms with van der Waals surface area (Å²) >= 11 is 0. The van der Waals surface area contributed by atoms with Crippen LogP contribution in [0.1, 0.15) is 5.56 Å². The minimum Gasteiger partial charge on any atom is -0.483 e. The molecule has 1 aliphatic heterocycles. The van der Waals surface area contributed by atoms with Crippen molar-refractivity contribution in [2.24, 2.45) is 0 Å². The molecule has 12 heavy (non-hydrogen) atoms. The Bertz CT molecular complexity index is 237. The maximum atomic E-state index is 8.36. The van der Waals surface area contributed by atoms with Crippen LogP contribution in [0.4, 0.5) is 5.69 Å². The van der Waals surface area contributed by atoms with Gasteiger partial charge in [-0.25, -0.2) is 0 Å². The second kappa shape index (κ2) is 4.38. The summed E-state index contributed by atoms with van der Waals surface area (Å²) in [6.45, 7) is 0.860. The predicted octanol–water partition coefficient (Wildman–Crippen LogP) is 1.36.